The van der Waals surface area contributed by atoms with E-state index in [-0.39, 0.29) is 0 Å². The molecule has 0 fully saturated rings. The summed E-state index contributed by atoms with van der Waals surface area (Å²) >= 11 is 6.06. The molecular weight excluding hydrogens is 232 g/mol. The largest absolute Gasteiger partial charge is 0.497 e. The predicted octanol–water partition coefficient (Wildman–Crippen LogP) is 4.63. The Morgan fingerprint density at radius 2 is 1.47 bits per heavy atom. The van der Waals surface area contributed by atoms with E-state index in [1.54, 1.807) is 7.11 Å². The third-order valence-electron chi connectivity index (χ3n) is 2.93. The molecule has 0 aliphatic heterocycles. The summed E-state index contributed by atoms with van der Waals surface area (Å²) in [7, 11) is 1.68. The van der Waals surface area contributed by atoms with Crippen molar-refractivity contribution in [2.75, 3.05) is 7.11 Å². The average Bonchev–Trinajstić information content (AvgIpc) is 2.33. The van der Waals surface area contributed by atoms with E-state index >= 15 is 0 Å². The van der Waals surface area contributed by atoms with Crippen LogP contribution in [0.1, 0.15) is 11.1 Å². The SMILES string of the molecule is COc1ccc(C)c(-c2cc(Cl)ccc2C)c1. The summed E-state index contributed by atoms with van der Waals surface area (Å²) in [5.74, 6) is 0.866. The molecule has 0 bridgehead atoms. The van der Waals surface area contributed by atoms with E-state index in [9.17, 15) is 0 Å². The Balaban J connectivity index is 2.62. The summed E-state index contributed by atoms with van der Waals surface area (Å²) in [6.45, 7) is 4.18. The van der Waals surface area contributed by atoms with Crippen molar-refractivity contribution in [3.8, 4) is 16.9 Å². The quantitative estimate of drug-likeness (QED) is 0.751. The van der Waals surface area contributed by atoms with Crippen molar-refractivity contribution < 1.29 is 4.74 Å². The normalized spacial score (nSPS) is 10.4. The molecular formula is C15H15ClO. The van der Waals surface area contributed by atoms with Crippen LogP contribution in [0.3, 0.4) is 0 Å². The van der Waals surface area contributed by atoms with Crippen LogP contribution in [0.25, 0.3) is 11.1 Å². The highest BCUT2D eigenvalue weighted by atomic mass is 35.5. The summed E-state index contributed by atoms with van der Waals surface area (Å²) in [5.41, 5.74) is 4.76. The van der Waals surface area contributed by atoms with Gasteiger partial charge in [0.1, 0.15) is 5.75 Å². The third kappa shape index (κ3) is 2.45. The zero-order chi connectivity index (χ0) is 12.4. The van der Waals surface area contributed by atoms with Gasteiger partial charge >= 0.3 is 0 Å². The van der Waals surface area contributed by atoms with Crippen molar-refractivity contribution in [3.63, 3.8) is 0 Å². The number of hydrogen-bond donors (Lipinski definition) is 0. The molecule has 2 heteroatoms. The molecule has 0 aliphatic rings. The minimum absolute atomic E-state index is 0.757. The van der Waals surface area contributed by atoms with Gasteiger partial charge in [0.25, 0.3) is 0 Å². The van der Waals surface area contributed by atoms with Crippen LogP contribution in [0.2, 0.25) is 5.02 Å². The number of halogens is 1. The van der Waals surface area contributed by atoms with E-state index in [1.165, 1.54) is 16.7 Å². The van der Waals surface area contributed by atoms with E-state index in [0.717, 1.165) is 16.3 Å². The summed E-state index contributed by atoms with van der Waals surface area (Å²) in [5, 5.41) is 0.757. The number of methoxy groups -OCH3 is 1. The van der Waals surface area contributed by atoms with Gasteiger partial charge in [-0.1, -0.05) is 23.7 Å². The number of rotatable bonds is 2. The maximum absolute atomic E-state index is 6.06. The molecule has 0 aromatic heterocycles. The Labute approximate surface area is 107 Å². The van der Waals surface area contributed by atoms with Crippen LogP contribution >= 0.6 is 11.6 Å². The lowest BCUT2D eigenvalue weighted by Crippen LogP contribution is -1.89. The highest BCUT2D eigenvalue weighted by molar-refractivity contribution is 6.30. The van der Waals surface area contributed by atoms with Gasteiger partial charge in [-0.15, -0.1) is 0 Å². The summed E-state index contributed by atoms with van der Waals surface area (Å²) in [6.07, 6.45) is 0. The second-order valence-corrected chi connectivity index (χ2v) is 4.58. The lowest BCUT2D eigenvalue weighted by atomic mass is 9.96. The van der Waals surface area contributed by atoms with Crippen molar-refractivity contribution in [2.45, 2.75) is 13.8 Å². The van der Waals surface area contributed by atoms with Crippen LogP contribution in [0.5, 0.6) is 5.75 Å². The van der Waals surface area contributed by atoms with Crippen LogP contribution in [-0.2, 0) is 0 Å². The van der Waals surface area contributed by atoms with Gasteiger partial charge in [-0.2, -0.15) is 0 Å². The molecule has 0 spiro atoms. The summed E-state index contributed by atoms with van der Waals surface area (Å²) in [4.78, 5) is 0. The lowest BCUT2D eigenvalue weighted by Gasteiger charge is -2.11. The standard InChI is InChI=1S/C15H15ClO/c1-10-4-6-12(16)8-14(10)15-9-13(17-3)7-5-11(15)2/h4-9H,1-3H3. The summed E-state index contributed by atoms with van der Waals surface area (Å²) < 4.78 is 5.27. The Bertz CT molecular complexity index is 547. The smallest absolute Gasteiger partial charge is 0.119 e. The van der Waals surface area contributed by atoms with Crippen LogP contribution in [0.15, 0.2) is 36.4 Å². The van der Waals surface area contributed by atoms with E-state index in [0.29, 0.717) is 0 Å². The van der Waals surface area contributed by atoms with Gasteiger partial charge in [0.15, 0.2) is 0 Å². The molecule has 0 atom stereocenters. The first-order valence-corrected chi connectivity index (χ1v) is 5.91. The second-order valence-electron chi connectivity index (χ2n) is 4.14. The molecule has 0 N–H and O–H groups in total. The average molecular weight is 247 g/mol. The molecule has 0 amide bonds. The minimum Gasteiger partial charge on any atom is -0.497 e. The highest BCUT2D eigenvalue weighted by Gasteiger charge is 2.07. The van der Waals surface area contributed by atoms with Gasteiger partial charge in [-0.25, -0.2) is 0 Å². The first kappa shape index (κ1) is 12.0. The van der Waals surface area contributed by atoms with E-state index in [2.05, 4.69) is 19.9 Å². The zero-order valence-electron chi connectivity index (χ0n) is 10.3. The van der Waals surface area contributed by atoms with E-state index in [4.69, 9.17) is 16.3 Å². The molecule has 17 heavy (non-hydrogen) atoms. The van der Waals surface area contributed by atoms with Gasteiger partial charge in [0.2, 0.25) is 0 Å². The monoisotopic (exact) mass is 246 g/mol. The zero-order valence-corrected chi connectivity index (χ0v) is 11.0. The molecule has 88 valence electrons. The molecule has 0 saturated heterocycles. The van der Waals surface area contributed by atoms with Gasteiger partial charge in [-0.3, -0.25) is 0 Å². The Kier molecular flexibility index (Phi) is 3.39. The van der Waals surface area contributed by atoms with Gasteiger partial charge < -0.3 is 4.74 Å². The van der Waals surface area contributed by atoms with Crippen LogP contribution < -0.4 is 4.74 Å². The highest BCUT2D eigenvalue weighted by Crippen LogP contribution is 2.31. The maximum Gasteiger partial charge on any atom is 0.119 e. The van der Waals surface area contributed by atoms with Crippen molar-refractivity contribution in [2.24, 2.45) is 0 Å². The van der Waals surface area contributed by atoms with E-state index < -0.39 is 0 Å². The second kappa shape index (κ2) is 4.80. The number of benzene rings is 2. The number of ether oxygens (including phenoxy) is 1. The molecule has 0 radical (unpaired) electrons. The lowest BCUT2D eigenvalue weighted by molar-refractivity contribution is 0.415. The summed E-state index contributed by atoms with van der Waals surface area (Å²) in [6, 6.07) is 12.0. The molecule has 1 nitrogen and oxygen atoms in total. The molecule has 0 unspecified atom stereocenters. The third-order valence-corrected chi connectivity index (χ3v) is 3.17. The minimum atomic E-state index is 0.757. The number of hydrogen-bond acceptors (Lipinski definition) is 1. The molecule has 2 rings (SSSR count). The molecule has 0 heterocycles. The van der Waals surface area contributed by atoms with Crippen molar-refractivity contribution in [1.29, 1.82) is 0 Å². The van der Waals surface area contributed by atoms with Crippen LogP contribution in [0, 0.1) is 13.8 Å². The fraction of sp³-hybridized carbons (Fsp3) is 0.200. The van der Waals surface area contributed by atoms with Gasteiger partial charge in [0.05, 0.1) is 7.11 Å². The molecule has 0 aliphatic carbocycles. The molecule has 0 saturated carbocycles. The van der Waals surface area contributed by atoms with Crippen molar-refractivity contribution in [1.82, 2.24) is 0 Å². The number of aryl methyl sites for hydroxylation is 2. The van der Waals surface area contributed by atoms with Crippen molar-refractivity contribution >= 4 is 11.6 Å². The molecule has 2 aromatic carbocycles. The fourth-order valence-electron chi connectivity index (χ4n) is 1.90. The Morgan fingerprint density at radius 1 is 0.882 bits per heavy atom. The molecule has 2 aromatic rings. The van der Waals surface area contributed by atoms with Crippen molar-refractivity contribution in [3.05, 3.63) is 52.5 Å². The topological polar surface area (TPSA) is 9.23 Å². The Hall–Kier alpha value is -1.47. The van der Waals surface area contributed by atoms with Crippen LogP contribution in [-0.4, -0.2) is 7.11 Å². The van der Waals surface area contributed by atoms with Gasteiger partial charge in [-0.05, 0) is 60.4 Å². The first-order valence-electron chi connectivity index (χ1n) is 5.53. The fourth-order valence-corrected chi connectivity index (χ4v) is 2.07. The first-order chi connectivity index (χ1) is 8.11. The predicted molar refractivity (Wildman–Crippen MR) is 72.9 cm³/mol. The Morgan fingerprint density at radius 3 is 2.12 bits per heavy atom. The maximum atomic E-state index is 6.06. The van der Waals surface area contributed by atoms with Crippen LogP contribution in [0.4, 0.5) is 0 Å². The van der Waals surface area contributed by atoms with E-state index in [1.807, 2.05) is 30.3 Å². The van der Waals surface area contributed by atoms with Gasteiger partial charge in [0, 0.05) is 5.02 Å².